The summed E-state index contributed by atoms with van der Waals surface area (Å²) in [7, 11) is 0. The maximum atomic E-state index is 11.3. The number of carboxylic acids is 1. The second-order valence-electron chi connectivity index (χ2n) is 4.85. The summed E-state index contributed by atoms with van der Waals surface area (Å²) in [4.78, 5) is 19.4. The van der Waals surface area contributed by atoms with Crippen LogP contribution in [0.25, 0.3) is 11.1 Å². The predicted molar refractivity (Wildman–Crippen MR) is 79.8 cm³/mol. The van der Waals surface area contributed by atoms with Gasteiger partial charge in [0.1, 0.15) is 16.1 Å². The number of hydrogen-bond donors (Lipinski definition) is 1. The molecule has 0 unspecified atom stereocenters. The van der Waals surface area contributed by atoms with Gasteiger partial charge in [-0.3, -0.25) is 4.79 Å². The minimum Gasteiger partial charge on any atom is -0.480 e. The third-order valence-electron chi connectivity index (χ3n) is 2.87. The summed E-state index contributed by atoms with van der Waals surface area (Å²) in [5.74, 6) is -0.906. The molecule has 1 aromatic carbocycles. The van der Waals surface area contributed by atoms with Gasteiger partial charge in [-0.15, -0.1) is 0 Å². The summed E-state index contributed by atoms with van der Waals surface area (Å²) in [6, 6.07) is 9.08. The van der Waals surface area contributed by atoms with Crippen molar-refractivity contribution in [3.8, 4) is 17.2 Å². The summed E-state index contributed by atoms with van der Waals surface area (Å²) < 4.78 is -0.990. The van der Waals surface area contributed by atoms with Crippen LogP contribution in [0.4, 0.5) is 0 Å². The number of aliphatic carboxylic acids is 1. The number of aromatic nitrogens is 2. The molecule has 1 N–H and O–H groups in total. The topological polar surface area (TPSA) is 86.9 Å². The van der Waals surface area contributed by atoms with Crippen molar-refractivity contribution in [2.45, 2.75) is 23.6 Å². The number of hydrogen-bond acceptors (Lipinski definition) is 5. The van der Waals surface area contributed by atoms with E-state index in [1.54, 1.807) is 44.3 Å². The summed E-state index contributed by atoms with van der Waals surface area (Å²) in [5.41, 5.74) is 2.16. The summed E-state index contributed by atoms with van der Waals surface area (Å²) in [6.07, 6.45) is 3.04. The van der Waals surface area contributed by atoms with Crippen LogP contribution in [0.2, 0.25) is 0 Å². The van der Waals surface area contributed by atoms with E-state index in [9.17, 15) is 9.90 Å². The van der Waals surface area contributed by atoms with E-state index in [1.165, 1.54) is 18.1 Å². The molecule has 0 saturated carbocycles. The van der Waals surface area contributed by atoms with Gasteiger partial charge in [-0.05, 0) is 31.5 Å². The Labute approximate surface area is 126 Å². The third-order valence-corrected chi connectivity index (χ3v) is 4.07. The minimum absolute atomic E-state index is 0.565. The molecule has 0 aliphatic carbocycles. The number of thioether (sulfide) groups is 1. The molecule has 1 aromatic heterocycles. The largest absolute Gasteiger partial charge is 0.480 e. The van der Waals surface area contributed by atoms with Crippen LogP contribution in [-0.4, -0.2) is 25.8 Å². The van der Waals surface area contributed by atoms with E-state index in [0.29, 0.717) is 10.6 Å². The lowest BCUT2D eigenvalue weighted by molar-refractivity contribution is -0.138. The van der Waals surface area contributed by atoms with Crippen molar-refractivity contribution in [3.63, 3.8) is 0 Å². The molecule has 0 spiro atoms. The van der Waals surface area contributed by atoms with Crippen LogP contribution in [0.15, 0.2) is 41.8 Å². The summed E-state index contributed by atoms with van der Waals surface area (Å²) in [6.45, 7) is 3.26. The molecule has 0 aliphatic rings. The van der Waals surface area contributed by atoms with Gasteiger partial charge in [-0.1, -0.05) is 23.9 Å². The van der Waals surface area contributed by atoms with Crippen LogP contribution in [0.3, 0.4) is 0 Å². The quantitative estimate of drug-likeness (QED) is 0.690. The van der Waals surface area contributed by atoms with Gasteiger partial charge in [-0.2, -0.15) is 5.26 Å². The smallest absolute Gasteiger partial charge is 0.319 e. The molecule has 0 fully saturated rings. The van der Waals surface area contributed by atoms with Crippen LogP contribution < -0.4 is 0 Å². The van der Waals surface area contributed by atoms with Crippen molar-refractivity contribution < 1.29 is 9.90 Å². The number of carbonyl (C=O) groups is 1. The number of benzene rings is 1. The van der Waals surface area contributed by atoms with E-state index in [2.05, 4.69) is 16.0 Å². The lowest BCUT2D eigenvalue weighted by Gasteiger charge is -2.19. The van der Waals surface area contributed by atoms with E-state index in [4.69, 9.17) is 5.26 Å². The van der Waals surface area contributed by atoms with Gasteiger partial charge in [0, 0.05) is 11.8 Å². The fraction of sp³-hybridized carbons (Fsp3) is 0.200. The molecule has 21 heavy (non-hydrogen) atoms. The molecule has 1 heterocycles. The van der Waals surface area contributed by atoms with Crippen LogP contribution in [0, 0.1) is 11.3 Å². The van der Waals surface area contributed by atoms with Crippen LogP contribution in [0.1, 0.15) is 19.4 Å². The SMILES string of the molecule is CC(C)(Sc1ncncc1-c1ccc(C#N)cc1)C(=O)O. The first-order chi connectivity index (χ1) is 9.94. The van der Waals surface area contributed by atoms with Crippen molar-refractivity contribution in [1.82, 2.24) is 9.97 Å². The Balaban J connectivity index is 2.41. The van der Waals surface area contributed by atoms with Crippen molar-refractivity contribution >= 4 is 17.7 Å². The highest BCUT2D eigenvalue weighted by atomic mass is 32.2. The van der Waals surface area contributed by atoms with Crippen LogP contribution >= 0.6 is 11.8 Å². The Bertz CT molecular complexity index is 706. The molecular formula is C15H13N3O2S. The average molecular weight is 299 g/mol. The molecular weight excluding hydrogens is 286 g/mol. The van der Waals surface area contributed by atoms with Gasteiger partial charge < -0.3 is 5.11 Å². The van der Waals surface area contributed by atoms with E-state index in [1.807, 2.05) is 0 Å². The second-order valence-corrected chi connectivity index (χ2v) is 6.46. The molecule has 2 rings (SSSR count). The van der Waals surface area contributed by atoms with Crippen molar-refractivity contribution in [1.29, 1.82) is 5.26 Å². The van der Waals surface area contributed by atoms with Gasteiger partial charge >= 0.3 is 5.97 Å². The fourth-order valence-electron chi connectivity index (χ4n) is 1.61. The molecule has 5 nitrogen and oxygen atoms in total. The zero-order valence-corrected chi connectivity index (χ0v) is 12.4. The Hall–Kier alpha value is -2.39. The van der Waals surface area contributed by atoms with Crippen molar-refractivity contribution in [2.24, 2.45) is 0 Å². The van der Waals surface area contributed by atoms with Gasteiger partial charge in [0.05, 0.1) is 11.6 Å². The molecule has 2 aromatic rings. The first-order valence-electron chi connectivity index (χ1n) is 6.17. The average Bonchev–Trinajstić information content (AvgIpc) is 2.47. The first kappa shape index (κ1) is 15.0. The fourth-order valence-corrected chi connectivity index (χ4v) is 2.56. The monoisotopic (exact) mass is 299 g/mol. The standard InChI is InChI=1S/C15H13N3O2S/c1-15(2,14(19)20)21-13-12(8-17-9-18-13)11-5-3-10(7-16)4-6-11/h3-6,8-9H,1-2H3,(H,19,20). The Kier molecular flexibility index (Phi) is 4.24. The Morgan fingerprint density at radius 2 is 2.00 bits per heavy atom. The van der Waals surface area contributed by atoms with E-state index >= 15 is 0 Å². The zero-order chi connectivity index (χ0) is 15.5. The van der Waals surface area contributed by atoms with Gasteiger partial charge in [-0.25, -0.2) is 9.97 Å². The zero-order valence-electron chi connectivity index (χ0n) is 11.6. The molecule has 6 heteroatoms. The van der Waals surface area contributed by atoms with Gasteiger partial charge in [0.2, 0.25) is 0 Å². The number of rotatable bonds is 4. The van der Waals surface area contributed by atoms with E-state index in [0.717, 1.165) is 11.1 Å². The third kappa shape index (κ3) is 3.38. The molecule has 0 radical (unpaired) electrons. The molecule has 0 aliphatic heterocycles. The number of carboxylic acid groups (broad SMARTS) is 1. The Morgan fingerprint density at radius 1 is 1.33 bits per heavy atom. The highest BCUT2D eigenvalue weighted by molar-refractivity contribution is 8.01. The normalized spacial score (nSPS) is 10.9. The molecule has 0 atom stereocenters. The van der Waals surface area contributed by atoms with Crippen molar-refractivity contribution in [3.05, 3.63) is 42.4 Å². The van der Waals surface area contributed by atoms with Crippen LogP contribution in [0.5, 0.6) is 0 Å². The maximum absolute atomic E-state index is 11.3. The molecule has 106 valence electrons. The second kappa shape index (κ2) is 5.94. The minimum atomic E-state index is -0.990. The predicted octanol–water partition coefficient (Wildman–Crippen LogP) is 2.97. The number of nitrogens with zero attached hydrogens (tertiary/aromatic N) is 3. The highest BCUT2D eigenvalue weighted by Gasteiger charge is 2.30. The Morgan fingerprint density at radius 3 is 2.57 bits per heavy atom. The van der Waals surface area contributed by atoms with Gasteiger partial charge in [0.15, 0.2) is 0 Å². The van der Waals surface area contributed by atoms with Gasteiger partial charge in [0.25, 0.3) is 0 Å². The molecule has 0 amide bonds. The number of nitriles is 1. The lowest BCUT2D eigenvalue weighted by atomic mass is 10.1. The highest BCUT2D eigenvalue weighted by Crippen LogP contribution is 2.37. The van der Waals surface area contributed by atoms with Crippen LogP contribution in [-0.2, 0) is 4.79 Å². The molecule has 0 bridgehead atoms. The molecule has 0 saturated heterocycles. The first-order valence-corrected chi connectivity index (χ1v) is 6.98. The lowest BCUT2D eigenvalue weighted by Crippen LogP contribution is -2.27. The van der Waals surface area contributed by atoms with E-state index < -0.39 is 10.7 Å². The maximum Gasteiger partial charge on any atom is 0.319 e. The summed E-state index contributed by atoms with van der Waals surface area (Å²) >= 11 is 1.17. The van der Waals surface area contributed by atoms with E-state index in [-0.39, 0.29) is 0 Å². The van der Waals surface area contributed by atoms with Crippen molar-refractivity contribution in [2.75, 3.05) is 0 Å². The summed E-state index contributed by atoms with van der Waals surface area (Å²) in [5, 5.41) is 18.7.